The average molecular weight is 598 g/mol. The maximum atomic E-state index is 2.42. The van der Waals surface area contributed by atoms with Gasteiger partial charge in [0.05, 0.1) is 0 Å². The fourth-order valence-electron chi connectivity index (χ4n) is 6.58. The summed E-state index contributed by atoms with van der Waals surface area (Å²) in [6.07, 6.45) is 0. The van der Waals surface area contributed by atoms with Gasteiger partial charge in [0.25, 0.3) is 0 Å². The van der Waals surface area contributed by atoms with E-state index in [9.17, 15) is 0 Å². The van der Waals surface area contributed by atoms with Crippen LogP contribution < -0.4 is 4.90 Å². The van der Waals surface area contributed by atoms with Crippen LogP contribution in [0.5, 0.6) is 0 Å². The summed E-state index contributed by atoms with van der Waals surface area (Å²) >= 11 is 3.79. The summed E-state index contributed by atoms with van der Waals surface area (Å²) in [5.41, 5.74) is 7.37. The Morgan fingerprint density at radius 3 is 1.77 bits per heavy atom. The fraction of sp³-hybridized carbons (Fsp3) is 0.0244. The third kappa shape index (κ3) is 4.12. The molecule has 0 atom stereocenters. The molecule has 0 saturated heterocycles. The number of aryl methyl sites for hydroxylation is 1. The lowest BCUT2D eigenvalue weighted by molar-refractivity contribution is 1.30. The SMILES string of the molecule is Cc1ccccc1-c1ccc2sc3cc4c(cc3c2c1)sc1ccc(N(c2ccccc2)c2ccc3ccccc3c2)cc14. The zero-order chi connectivity index (χ0) is 29.2. The molecule has 0 aliphatic rings. The normalized spacial score (nSPS) is 11.8. The van der Waals surface area contributed by atoms with Crippen molar-refractivity contribution in [2.45, 2.75) is 6.92 Å². The summed E-state index contributed by atoms with van der Waals surface area (Å²) in [5.74, 6) is 0. The zero-order valence-corrected chi connectivity index (χ0v) is 25.8. The first-order valence-corrected chi connectivity index (χ1v) is 16.6. The van der Waals surface area contributed by atoms with Crippen LogP contribution in [0.1, 0.15) is 5.56 Å². The van der Waals surface area contributed by atoms with E-state index in [0.29, 0.717) is 0 Å². The molecule has 208 valence electrons. The lowest BCUT2D eigenvalue weighted by atomic mass is 9.99. The van der Waals surface area contributed by atoms with E-state index in [-0.39, 0.29) is 0 Å². The first-order chi connectivity index (χ1) is 21.7. The van der Waals surface area contributed by atoms with E-state index in [2.05, 4.69) is 157 Å². The first-order valence-electron chi connectivity index (χ1n) is 14.9. The molecule has 3 heteroatoms. The Balaban J connectivity index is 1.22. The first kappa shape index (κ1) is 25.5. The number of hydrogen-bond donors (Lipinski definition) is 0. The highest BCUT2D eigenvalue weighted by Gasteiger charge is 2.17. The lowest BCUT2D eigenvalue weighted by Crippen LogP contribution is -2.09. The van der Waals surface area contributed by atoms with Gasteiger partial charge in [0.2, 0.25) is 0 Å². The van der Waals surface area contributed by atoms with Crippen LogP contribution in [0.2, 0.25) is 0 Å². The Labute approximate surface area is 263 Å². The number of thiophene rings is 2. The fourth-order valence-corrected chi connectivity index (χ4v) is 8.79. The van der Waals surface area contributed by atoms with Crippen LogP contribution >= 0.6 is 22.7 Å². The summed E-state index contributed by atoms with van der Waals surface area (Å²) in [7, 11) is 0. The number of para-hydroxylation sites is 1. The molecule has 2 aromatic heterocycles. The largest absolute Gasteiger partial charge is 0.310 e. The average Bonchev–Trinajstić information content (AvgIpc) is 3.61. The molecule has 0 saturated carbocycles. The van der Waals surface area contributed by atoms with E-state index in [1.165, 1.54) is 67.8 Å². The second-order valence-corrected chi connectivity index (χ2v) is 13.6. The van der Waals surface area contributed by atoms with E-state index < -0.39 is 0 Å². The van der Waals surface area contributed by atoms with Crippen molar-refractivity contribution in [3.8, 4) is 11.1 Å². The minimum atomic E-state index is 1.15. The smallest absolute Gasteiger partial charge is 0.0468 e. The molecule has 2 heterocycles. The Kier molecular flexibility index (Phi) is 5.83. The van der Waals surface area contributed by atoms with Crippen LogP contribution in [0.3, 0.4) is 0 Å². The van der Waals surface area contributed by atoms with Crippen LogP contribution in [-0.2, 0) is 0 Å². The van der Waals surface area contributed by atoms with Gasteiger partial charge in [-0.05, 0) is 101 Å². The number of fused-ring (bicyclic) bond motifs is 7. The topological polar surface area (TPSA) is 3.24 Å². The van der Waals surface area contributed by atoms with Crippen molar-refractivity contribution in [3.05, 3.63) is 151 Å². The molecule has 0 spiro atoms. The van der Waals surface area contributed by atoms with Gasteiger partial charge in [-0.1, -0.05) is 78.9 Å². The number of anilines is 3. The van der Waals surface area contributed by atoms with E-state index in [4.69, 9.17) is 0 Å². The Bertz CT molecular complexity index is 2520. The Hall–Kier alpha value is -4.96. The van der Waals surface area contributed by atoms with Crippen LogP contribution in [0.4, 0.5) is 17.1 Å². The van der Waals surface area contributed by atoms with Crippen LogP contribution in [-0.4, -0.2) is 0 Å². The molecule has 7 aromatic carbocycles. The molecule has 1 nitrogen and oxygen atoms in total. The molecule has 0 radical (unpaired) electrons. The molecule has 0 bridgehead atoms. The summed E-state index contributed by atoms with van der Waals surface area (Å²) in [6.45, 7) is 2.19. The molecule has 0 N–H and O–H groups in total. The summed E-state index contributed by atoms with van der Waals surface area (Å²) in [5, 5.41) is 7.83. The third-order valence-electron chi connectivity index (χ3n) is 8.76. The summed E-state index contributed by atoms with van der Waals surface area (Å²) < 4.78 is 5.33. The highest BCUT2D eigenvalue weighted by molar-refractivity contribution is 7.27. The van der Waals surface area contributed by atoms with Crippen molar-refractivity contribution in [1.82, 2.24) is 0 Å². The number of nitrogens with zero attached hydrogens (tertiary/aromatic N) is 1. The Morgan fingerprint density at radius 2 is 1.00 bits per heavy atom. The molecule has 0 aliphatic heterocycles. The lowest BCUT2D eigenvalue weighted by Gasteiger charge is -2.26. The standard InChI is InChI=1S/C41H27NS2/c1-26-9-5-8-14-33(26)29-16-19-38-34(22-29)36-24-41-37(25-40(36)43-38)35-23-32(18-20-39(35)44-41)42(30-12-3-2-4-13-30)31-17-15-27-10-6-7-11-28(27)21-31/h2-25H,1H3. The molecule has 9 rings (SSSR count). The molecule has 0 aliphatic carbocycles. The maximum absolute atomic E-state index is 2.42. The number of benzene rings is 7. The van der Waals surface area contributed by atoms with Crippen LogP contribution in [0.25, 0.3) is 62.2 Å². The van der Waals surface area contributed by atoms with Gasteiger partial charge < -0.3 is 4.90 Å². The maximum Gasteiger partial charge on any atom is 0.0468 e. The molecule has 44 heavy (non-hydrogen) atoms. The number of rotatable bonds is 4. The second kappa shape index (κ2) is 10.1. The van der Waals surface area contributed by atoms with Crippen molar-refractivity contribution in [3.63, 3.8) is 0 Å². The van der Waals surface area contributed by atoms with Crippen molar-refractivity contribution in [2.24, 2.45) is 0 Å². The van der Waals surface area contributed by atoms with Crippen molar-refractivity contribution >= 4 is 90.9 Å². The van der Waals surface area contributed by atoms with Gasteiger partial charge in [0, 0.05) is 57.4 Å². The number of hydrogen-bond acceptors (Lipinski definition) is 3. The van der Waals surface area contributed by atoms with Gasteiger partial charge in [-0.2, -0.15) is 0 Å². The van der Waals surface area contributed by atoms with Gasteiger partial charge >= 0.3 is 0 Å². The van der Waals surface area contributed by atoms with Crippen molar-refractivity contribution in [2.75, 3.05) is 4.90 Å². The molecular formula is C41H27NS2. The predicted octanol–water partition coefficient (Wildman–Crippen LogP) is 13.0. The molecule has 0 fully saturated rings. The summed E-state index contributed by atoms with van der Waals surface area (Å²) in [6, 6.07) is 53.4. The molecule has 0 amide bonds. The van der Waals surface area contributed by atoms with E-state index in [1.807, 2.05) is 22.7 Å². The predicted molar refractivity (Wildman–Crippen MR) is 195 cm³/mol. The molecule has 0 unspecified atom stereocenters. The zero-order valence-electron chi connectivity index (χ0n) is 24.1. The molecular weight excluding hydrogens is 571 g/mol. The highest BCUT2D eigenvalue weighted by atomic mass is 32.1. The van der Waals surface area contributed by atoms with Gasteiger partial charge in [-0.25, -0.2) is 0 Å². The quantitative estimate of drug-likeness (QED) is 0.195. The van der Waals surface area contributed by atoms with Gasteiger partial charge in [-0.3, -0.25) is 0 Å². The van der Waals surface area contributed by atoms with Crippen LogP contribution in [0.15, 0.2) is 146 Å². The van der Waals surface area contributed by atoms with Crippen LogP contribution in [0, 0.1) is 6.92 Å². The highest BCUT2D eigenvalue weighted by Crippen LogP contribution is 2.45. The van der Waals surface area contributed by atoms with E-state index >= 15 is 0 Å². The third-order valence-corrected chi connectivity index (χ3v) is 11.0. The van der Waals surface area contributed by atoms with Gasteiger partial charge in [0.15, 0.2) is 0 Å². The molecule has 9 aromatic rings. The van der Waals surface area contributed by atoms with E-state index in [1.54, 1.807) is 0 Å². The van der Waals surface area contributed by atoms with Gasteiger partial charge in [-0.15, -0.1) is 22.7 Å². The van der Waals surface area contributed by atoms with Gasteiger partial charge in [0.1, 0.15) is 0 Å². The minimum absolute atomic E-state index is 1.15. The van der Waals surface area contributed by atoms with Crippen molar-refractivity contribution in [1.29, 1.82) is 0 Å². The monoisotopic (exact) mass is 597 g/mol. The minimum Gasteiger partial charge on any atom is -0.310 e. The van der Waals surface area contributed by atoms with Crippen molar-refractivity contribution < 1.29 is 0 Å². The van der Waals surface area contributed by atoms with E-state index in [0.717, 1.165) is 17.1 Å². The Morgan fingerprint density at radius 1 is 0.409 bits per heavy atom. The summed E-state index contributed by atoms with van der Waals surface area (Å²) in [4.78, 5) is 2.38. The second-order valence-electron chi connectivity index (χ2n) is 11.5.